The molecule has 20 heavy (non-hydrogen) atoms. The molecule has 1 aliphatic rings. The van der Waals surface area contributed by atoms with Crippen molar-refractivity contribution in [2.24, 2.45) is 16.6 Å². The minimum absolute atomic E-state index is 0. The van der Waals surface area contributed by atoms with Crippen LogP contribution < -0.4 is 11.1 Å². The summed E-state index contributed by atoms with van der Waals surface area (Å²) >= 11 is 0. The largest absolute Gasteiger partial charge is 0.469 e. The maximum absolute atomic E-state index is 11.2. The molecule has 1 aliphatic heterocycles. The van der Waals surface area contributed by atoms with Crippen LogP contribution >= 0.6 is 24.0 Å². The first kappa shape index (κ1) is 19.4. The van der Waals surface area contributed by atoms with Crippen molar-refractivity contribution < 1.29 is 9.53 Å². The summed E-state index contributed by atoms with van der Waals surface area (Å²) in [6.07, 6.45) is 2.45. The Kier molecular flexibility index (Phi) is 9.91. The summed E-state index contributed by atoms with van der Waals surface area (Å²) in [7, 11) is 1.38. The molecule has 0 radical (unpaired) electrons. The highest BCUT2D eigenvalue weighted by atomic mass is 127. The van der Waals surface area contributed by atoms with Crippen LogP contribution in [0.5, 0.6) is 0 Å². The van der Waals surface area contributed by atoms with E-state index in [1.165, 1.54) is 26.5 Å². The van der Waals surface area contributed by atoms with Crippen LogP contribution in [0.1, 0.15) is 26.7 Å². The molecule has 1 rings (SSSR count). The summed E-state index contributed by atoms with van der Waals surface area (Å²) in [6, 6.07) is 0.539. The molecule has 0 spiro atoms. The number of halogens is 1. The number of guanidine groups is 1. The highest BCUT2D eigenvalue weighted by molar-refractivity contribution is 14.0. The van der Waals surface area contributed by atoms with Gasteiger partial charge in [-0.05, 0) is 25.9 Å². The van der Waals surface area contributed by atoms with Gasteiger partial charge in [0.05, 0.1) is 19.6 Å². The first-order valence-electron chi connectivity index (χ1n) is 6.94. The van der Waals surface area contributed by atoms with Gasteiger partial charge in [-0.3, -0.25) is 14.7 Å². The molecule has 2 atom stereocenters. The van der Waals surface area contributed by atoms with E-state index in [0.29, 0.717) is 18.5 Å². The first-order valence-corrected chi connectivity index (χ1v) is 6.94. The molecule has 0 aliphatic carbocycles. The van der Waals surface area contributed by atoms with Crippen LogP contribution in [-0.2, 0) is 9.53 Å². The Morgan fingerprint density at radius 2 is 2.30 bits per heavy atom. The molecule has 7 heteroatoms. The van der Waals surface area contributed by atoms with E-state index in [9.17, 15) is 4.79 Å². The zero-order valence-corrected chi connectivity index (χ0v) is 14.9. The highest BCUT2D eigenvalue weighted by Gasteiger charge is 2.22. The lowest BCUT2D eigenvalue weighted by Crippen LogP contribution is -2.43. The molecule has 1 fully saturated rings. The van der Waals surface area contributed by atoms with Gasteiger partial charge in [-0.15, -0.1) is 24.0 Å². The van der Waals surface area contributed by atoms with Gasteiger partial charge in [-0.25, -0.2) is 0 Å². The van der Waals surface area contributed by atoms with E-state index in [2.05, 4.69) is 26.9 Å². The van der Waals surface area contributed by atoms with Gasteiger partial charge in [0.1, 0.15) is 0 Å². The number of esters is 1. The number of aliphatic imine (C=N–C) groups is 1. The Hall–Kier alpha value is -0.570. The SMILES string of the molecule is CCN1CCCC1CNC(N)=NCC(C)C(=O)OC.I. The molecule has 0 bridgehead atoms. The standard InChI is InChI=1S/C13H26N4O2.HI/c1-4-17-7-5-6-11(17)9-16-13(14)15-8-10(2)12(18)19-3;/h10-11H,4-9H2,1-3H3,(H3,14,15,16);1H. The lowest BCUT2D eigenvalue weighted by Gasteiger charge is -2.23. The molecule has 0 saturated carbocycles. The Labute approximate surface area is 138 Å². The normalized spacial score (nSPS) is 21.1. The number of likely N-dealkylation sites (N-methyl/N-ethyl adjacent to an activating group) is 1. The smallest absolute Gasteiger partial charge is 0.310 e. The zero-order valence-electron chi connectivity index (χ0n) is 12.6. The summed E-state index contributed by atoms with van der Waals surface area (Å²) in [5.41, 5.74) is 5.80. The van der Waals surface area contributed by atoms with Crippen molar-refractivity contribution in [3.05, 3.63) is 0 Å². The number of nitrogens with one attached hydrogen (secondary N) is 1. The van der Waals surface area contributed by atoms with Gasteiger partial charge in [-0.2, -0.15) is 0 Å². The molecule has 2 unspecified atom stereocenters. The van der Waals surface area contributed by atoms with Gasteiger partial charge in [0, 0.05) is 12.6 Å². The molecule has 1 heterocycles. The van der Waals surface area contributed by atoms with Crippen molar-refractivity contribution in [3.8, 4) is 0 Å². The number of carbonyl (C=O) groups excluding carboxylic acids is 1. The number of hydrogen-bond acceptors (Lipinski definition) is 4. The Morgan fingerprint density at radius 1 is 1.60 bits per heavy atom. The number of hydrogen-bond donors (Lipinski definition) is 2. The number of carbonyl (C=O) groups is 1. The third-order valence-electron chi connectivity index (χ3n) is 3.56. The van der Waals surface area contributed by atoms with Crippen molar-refractivity contribution >= 4 is 35.9 Å². The van der Waals surface area contributed by atoms with Crippen LogP contribution in [0.25, 0.3) is 0 Å². The van der Waals surface area contributed by atoms with Crippen molar-refractivity contribution in [2.45, 2.75) is 32.7 Å². The minimum atomic E-state index is -0.260. The predicted molar refractivity (Wildman–Crippen MR) is 91.4 cm³/mol. The van der Waals surface area contributed by atoms with Crippen LogP contribution in [0.15, 0.2) is 4.99 Å². The second kappa shape index (κ2) is 10.2. The summed E-state index contributed by atoms with van der Waals surface area (Å²) in [5, 5.41) is 3.14. The van der Waals surface area contributed by atoms with Gasteiger partial charge in [-0.1, -0.05) is 13.8 Å². The topological polar surface area (TPSA) is 80.0 Å². The number of likely N-dealkylation sites (tertiary alicyclic amines) is 1. The maximum atomic E-state index is 11.2. The van der Waals surface area contributed by atoms with E-state index in [-0.39, 0.29) is 35.9 Å². The van der Waals surface area contributed by atoms with Crippen molar-refractivity contribution in [1.82, 2.24) is 10.2 Å². The van der Waals surface area contributed by atoms with Crippen molar-refractivity contribution in [3.63, 3.8) is 0 Å². The second-order valence-electron chi connectivity index (χ2n) is 4.96. The van der Waals surface area contributed by atoms with Gasteiger partial charge in [0.25, 0.3) is 0 Å². The fraction of sp³-hybridized carbons (Fsp3) is 0.846. The predicted octanol–water partition coefficient (Wildman–Crippen LogP) is 0.802. The molecule has 0 aromatic rings. The Bertz CT molecular complexity index is 325. The molecule has 3 N–H and O–H groups in total. The van der Waals surface area contributed by atoms with Crippen molar-refractivity contribution in [1.29, 1.82) is 0 Å². The third kappa shape index (κ3) is 6.25. The van der Waals surface area contributed by atoms with Crippen LogP contribution in [0, 0.1) is 5.92 Å². The number of ether oxygens (including phenoxy) is 1. The zero-order chi connectivity index (χ0) is 14.3. The number of rotatable bonds is 6. The molecule has 1 saturated heterocycles. The van der Waals surface area contributed by atoms with Crippen LogP contribution in [0.3, 0.4) is 0 Å². The maximum Gasteiger partial charge on any atom is 0.310 e. The van der Waals surface area contributed by atoms with E-state index < -0.39 is 0 Å². The van der Waals surface area contributed by atoms with Gasteiger partial charge in [0.2, 0.25) is 0 Å². The quantitative estimate of drug-likeness (QED) is 0.300. The number of nitrogens with two attached hydrogens (primary N) is 1. The molecule has 0 amide bonds. The monoisotopic (exact) mass is 398 g/mol. The van der Waals surface area contributed by atoms with E-state index in [1.807, 2.05) is 0 Å². The average molecular weight is 398 g/mol. The molecular formula is C13H27IN4O2. The Morgan fingerprint density at radius 3 is 2.90 bits per heavy atom. The number of methoxy groups -OCH3 is 1. The summed E-state index contributed by atoms with van der Waals surface area (Å²) in [6.45, 7) is 7.36. The molecule has 6 nitrogen and oxygen atoms in total. The van der Waals surface area contributed by atoms with E-state index in [4.69, 9.17) is 5.73 Å². The lowest BCUT2D eigenvalue weighted by molar-refractivity contribution is -0.144. The fourth-order valence-corrected chi connectivity index (χ4v) is 2.33. The van der Waals surface area contributed by atoms with Crippen LogP contribution in [-0.4, -0.2) is 56.2 Å². The van der Waals surface area contributed by atoms with Crippen molar-refractivity contribution in [2.75, 3.05) is 33.3 Å². The van der Waals surface area contributed by atoms with Gasteiger partial charge < -0.3 is 15.8 Å². The van der Waals surface area contributed by atoms with E-state index in [1.54, 1.807) is 6.92 Å². The van der Waals surface area contributed by atoms with Crippen LogP contribution in [0.4, 0.5) is 0 Å². The molecule has 0 aromatic carbocycles. The second-order valence-corrected chi connectivity index (χ2v) is 4.96. The average Bonchev–Trinajstić information content (AvgIpc) is 2.88. The minimum Gasteiger partial charge on any atom is -0.469 e. The Balaban J connectivity index is 0.00000361. The van der Waals surface area contributed by atoms with Crippen LogP contribution in [0.2, 0.25) is 0 Å². The van der Waals surface area contributed by atoms with Gasteiger partial charge in [0.15, 0.2) is 5.96 Å². The van der Waals surface area contributed by atoms with E-state index in [0.717, 1.165) is 13.1 Å². The number of nitrogens with zero attached hydrogens (tertiary/aromatic N) is 2. The molecular weight excluding hydrogens is 371 g/mol. The third-order valence-corrected chi connectivity index (χ3v) is 3.56. The summed E-state index contributed by atoms with van der Waals surface area (Å²) in [4.78, 5) is 17.8. The highest BCUT2D eigenvalue weighted by Crippen LogP contribution is 2.15. The fourth-order valence-electron chi connectivity index (χ4n) is 2.33. The van der Waals surface area contributed by atoms with Gasteiger partial charge >= 0.3 is 5.97 Å². The van der Waals surface area contributed by atoms with E-state index >= 15 is 0 Å². The lowest BCUT2D eigenvalue weighted by atomic mass is 10.2. The first-order chi connectivity index (χ1) is 9.08. The summed E-state index contributed by atoms with van der Waals surface area (Å²) < 4.78 is 4.64. The molecule has 0 aromatic heterocycles. The molecule has 118 valence electrons. The summed E-state index contributed by atoms with van der Waals surface area (Å²) in [5.74, 6) is -0.118.